The lowest BCUT2D eigenvalue weighted by Crippen LogP contribution is -2.32. The van der Waals surface area contributed by atoms with E-state index < -0.39 is 0 Å². The highest BCUT2D eigenvalue weighted by molar-refractivity contribution is 9.10. The van der Waals surface area contributed by atoms with Crippen molar-refractivity contribution < 1.29 is 19.0 Å². The second-order valence-corrected chi connectivity index (χ2v) is 7.92. The zero-order chi connectivity index (χ0) is 19.9. The van der Waals surface area contributed by atoms with Crippen molar-refractivity contribution in [2.45, 2.75) is 26.2 Å². The van der Waals surface area contributed by atoms with Gasteiger partial charge in [0.1, 0.15) is 23.9 Å². The van der Waals surface area contributed by atoms with E-state index in [1.165, 1.54) is 5.56 Å². The lowest BCUT2D eigenvalue weighted by Gasteiger charge is -2.20. The third-order valence-electron chi connectivity index (χ3n) is 3.89. The molecular weight excluding hydrogens is 410 g/mol. The fourth-order valence-corrected chi connectivity index (χ4v) is 2.82. The number of hydrogen-bond acceptors (Lipinski definition) is 4. The SMILES string of the molecule is COc1cccc(OCCNC(=O)COc2ccc(C(C)(C)C)cc2Br)c1. The predicted octanol–water partition coefficient (Wildman–Crippen LogP) is 4.33. The molecule has 0 heterocycles. The van der Waals surface area contributed by atoms with Crippen LogP contribution in [-0.2, 0) is 10.2 Å². The summed E-state index contributed by atoms with van der Waals surface area (Å²) in [6.07, 6.45) is 0. The summed E-state index contributed by atoms with van der Waals surface area (Å²) >= 11 is 3.50. The lowest BCUT2D eigenvalue weighted by atomic mass is 9.87. The van der Waals surface area contributed by atoms with Gasteiger partial charge in [0.15, 0.2) is 6.61 Å². The van der Waals surface area contributed by atoms with Crippen LogP contribution in [0.5, 0.6) is 17.2 Å². The predicted molar refractivity (Wildman–Crippen MR) is 110 cm³/mol. The van der Waals surface area contributed by atoms with Crippen LogP contribution in [0.25, 0.3) is 0 Å². The first kappa shape index (κ1) is 21.1. The summed E-state index contributed by atoms with van der Waals surface area (Å²) in [4.78, 5) is 11.9. The van der Waals surface area contributed by atoms with Gasteiger partial charge >= 0.3 is 0 Å². The number of nitrogens with one attached hydrogen (secondary N) is 1. The summed E-state index contributed by atoms with van der Waals surface area (Å²) in [6.45, 7) is 7.15. The number of methoxy groups -OCH3 is 1. The van der Waals surface area contributed by atoms with Crippen LogP contribution in [0, 0.1) is 0 Å². The quantitative estimate of drug-likeness (QED) is 0.626. The van der Waals surface area contributed by atoms with Crippen LogP contribution < -0.4 is 19.5 Å². The molecule has 0 aliphatic heterocycles. The van der Waals surface area contributed by atoms with Crippen molar-refractivity contribution in [2.75, 3.05) is 26.9 Å². The average Bonchev–Trinajstić information content (AvgIpc) is 2.63. The van der Waals surface area contributed by atoms with Gasteiger partial charge in [-0.15, -0.1) is 0 Å². The van der Waals surface area contributed by atoms with Crippen molar-refractivity contribution in [3.8, 4) is 17.2 Å². The summed E-state index contributed by atoms with van der Waals surface area (Å²) in [5, 5.41) is 2.77. The molecule has 0 aliphatic rings. The Labute approximate surface area is 169 Å². The molecule has 6 heteroatoms. The minimum atomic E-state index is -0.198. The molecule has 0 saturated heterocycles. The van der Waals surface area contributed by atoms with Gasteiger partial charge in [-0.1, -0.05) is 32.9 Å². The van der Waals surface area contributed by atoms with Crippen LogP contribution in [0.1, 0.15) is 26.3 Å². The van der Waals surface area contributed by atoms with Crippen LogP contribution in [-0.4, -0.2) is 32.8 Å². The van der Waals surface area contributed by atoms with Gasteiger partial charge in [0, 0.05) is 6.07 Å². The second kappa shape index (κ2) is 9.65. The van der Waals surface area contributed by atoms with E-state index in [2.05, 4.69) is 42.0 Å². The van der Waals surface area contributed by atoms with E-state index in [-0.39, 0.29) is 17.9 Å². The van der Waals surface area contributed by atoms with E-state index in [1.54, 1.807) is 13.2 Å². The molecule has 2 aromatic rings. The Balaban J connectivity index is 1.73. The van der Waals surface area contributed by atoms with Gasteiger partial charge in [0.25, 0.3) is 5.91 Å². The maximum absolute atomic E-state index is 11.9. The largest absolute Gasteiger partial charge is 0.497 e. The molecule has 1 amide bonds. The van der Waals surface area contributed by atoms with Crippen LogP contribution in [0.4, 0.5) is 0 Å². The molecule has 146 valence electrons. The number of halogens is 1. The molecule has 0 spiro atoms. The van der Waals surface area contributed by atoms with E-state index in [4.69, 9.17) is 14.2 Å². The Bertz CT molecular complexity index is 771. The van der Waals surface area contributed by atoms with Gasteiger partial charge in [-0.05, 0) is 51.2 Å². The molecule has 0 aliphatic carbocycles. The monoisotopic (exact) mass is 435 g/mol. The van der Waals surface area contributed by atoms with E-state index in [0.717, 1.165) is 10.2 Å². The molecule has 1 N–H and O–H groups in total. The topological polar surface area (TPSA) is 56.8 Å². The molecule has 0 aromatic heterocycles. The summed E-state index contributed by atoms with van der Waals surface area (Å²) in [5.41, 5.74) is 1.25. The number of amides is 1. The molecule has 2 aromatic carbocycles. The van der Waals surface area contributed by atoms with Crippen LogP contribution in [0.3, 0.4) is 0 Å². The average molecular weight is 436 g/mol. The zero-order valence-electron chi connectivity index (χ0n) is 16.2. The van der Waals surface area contributed by atoms with E-state index >= 15 is 0 Å². The number of hydrogen-bond donors (Lipinski definition) is 1. The van der Waals surface area contributed by atoms with E-state index in [1.807, 2.05) is 36.4 Å². The highest BCUT2D eigenvalue weighted by Crippen LogP contribution is 2.31. The smallest absolute Gasteiger partial charge is 0.258 e. The maximum Gasteiger partial charge on any atom is 0.258 e. The van der Waals surface area contributed by atoms with Crippen molar-refractivity contribution in [1.29, 1.82) is 0 Å². The Morgan fingerprint density at radius 1 is 1.07 bits per heavy atom. The molecule has 0 saturated carbocycles. The highest BCUT2D eigenvalue weighted by Gasteiger charge is 2.15. The molecule has 0 bridgehead atoms. The Kier molecular flexibility index (Phi) is 7.54. The Morgan fingerprint density at radius 2 is 1.81 bits per heavy atom. The first-order valence-corrected chi connectivity index (χ1v) is 9.55. The van der Waals surface area contributed by atoms with Crippen molar-refractivity contribution in [2.24, 2.45) is 0 Å². The Morgan fingerprint density at radius 3 is 2.48 bits per heavy atom. The third-order valence-corrected chi connectivity index (χ3v) is 4.51. The highest BCUT2D eigenvalue weighted by atomic mass is 79.9. The van der Waals surface area contributed by atoms with Crippen molar-refractivity contribution in [1.82, 2.24) is 5.32 Å². The number of ether oxygens (including phenoxy) is 3. The molecular formula is C21H26BrNO4. The molecule has 5 nitrogen and oxygen atoms in total. The molecule has 2 rings (SSSR count). The number of carbonyl (C=O) groups excluding carboxylic acids is 1. The first-order valence-electron chi connectivity index (χ1n) is 8.76. The lowest BCUT2D eigenvalue weighted by molar-refractivity contribution is -0.123. The van der Waals surface area contributed by atoms with Crippen LogP contribution in [0.15, 0.2) is 46.9 Å². The summed E-state index contributed by atoms with van der Waals surface area (Å²) in [7, 11) is 1.61. The van der Waals surface area contributed by atoms with E-state index in [0.29, 0.717) is 24.7 Å². The zero-order valence-corrected chi connectivity index (χ0v) is 17.8. The van der Waals surface area contributed by atoms with Crippen LogP contribution in [0.2, 0.25) is 0 Å². The maximum atomic E-state index is 11.9. The third kappa shape index (κ3) is 6.79. The van der Waals surface area contributed by atoms with Gasteiger partial charge in [0.05, 0.1) is 18.1 Å². The molecule has 0 unspecified atom stereocenters. The number of benzene rings is 2. The van der Waals surface area contributed by atoms with Crippen molar-refractivity contribution in [3.05, 3.63) is 52.5 Å². The molecule has 0 fully saturated rings. The fourth-order valence-electron chi connectivity index (χ4n) is 2.33. The molecule has 0 radical (unpaired) electrons. The van der Waals surface area contributed by atoms with Gasteiger partial charge < -0.3 is 19.5 Å². The minimum Gasteiger partial charge on any atom is -0.497 e. The second-order valence-electron chi connectivity index (χ2n) is 7.06. The van der Waals surface area contributed by atoms with E-state index in [9.17, 15) is 4.79 Å². The number of rotatable bonds is 8. The van der Waals surface area contributed by atoms with Gasteiger partial charge in [-0.25, -0.2) is 0 Å². The van der Waals surface area contributed by atoms with Crippen molar-refractivity contribution >= 4 is 21.8 Å². The Hall–Kier alpha value is -2.21. The van der Waals surface area contributed by atoms with Crippen LogP contribution >= 0.6 is 15.9 Å². The summed E-state index contributed by atoms with van der Waals surface area (Å²) < 4.78 is 17.2. The molecule has 27 heavy (non-hydrogen) atoms. The summed E-state index contributed by atoms with van der Waals surface area (Å²) in [6, 6.07) is 13.2. The first-order chi connectivity index (χ1) is 12.8. The standard InChI is InChI=1S/C21H26BrNO4/c1-21(2,3)15-8-9-19(18(22)12-15)27-14-20(24)23-10-11-26-17-7-5-6-16(13-17)25-4/h5-9,12-13H,10-11,14H2,1-4H3,(H,23,24). The van der Waals surface area contributed by atoms with Gasteiger partial charge in [-0.3, -0.25) is 4.79 Å². The normalized spacial score (nSPS) is 11.0. The van der Waals surface area contributed by atoms with Gasteiger partial charge in [-0.2, -0.15) is 0 Å². The van der Waals surface area contributed by atoms with Gasteiger partial charge in [0.2, 0.25) is 0 Å². The number of carbonyl (C=O) groups is 1. The molecule has 0 atom stereocenters. The minimum absolute atomic E-state index is 0.0490. The fraction of sp³-hybridized carbons (Fsp3) is 0.381. The van der Waals surface area contributed by atoms with Crippen molar-refractivity contribution in [3.63, 3.8) is 0 Å². The summed E-state index contributed by atoms with van der Waals surface area (Å²) in [5.74, 6) is 1.87.